The molecule has 0 bridgehead atoms. The smallest absolute Gasteiger partial charge is 0.235 e. The Morgan fingerprint density at radius 2 is 1.67 bits per heavy atom. The van der Waals surface area contributed by atoms with E-state index in [0.29, 0.717) is 13.1 Å². The fraction of sp³-hybridized carbons (Fsp3) is 0.909. The largest absolute Gasteiger partial charge is 0.350 e. The van der Waals surface area contributed by atoms with E-state index in [-0.39, 0.29) is 18.0 Å². The van der Waals surface area contributed by atoms with Gasteiger partial charge in [-0.05, 0) is 34.9 Å². The minimum atomic E-state index is -3.37. The maximum atomic E-state index is 11.7. The highest BCUT2D eigenvalue weighted by Gasteiger charge is 2.22. The Balaban J connectivity index is 4.57. The van der Waals surface area contributed by atoms with Crippen molar-refractivity contribution in [1.82, 2.24) is 14.5 Å². The van der Waals surface area contributed by atoms with Gasteiger partial charge in [-0.15, -0.1) is 0 Å². The zero-order chi connectivity index (χ0) is 14.6. The highest BCUT2D eigenvalue weighted by molar-refractivity contribution is 7.88. The number of rotatable bonds is 6. The summed E-state index contributed by atoms with van der Waals surface area (Å²) < 4.78 is 24.3. The lowest BCUT2D eigenvalue weighted by molar-refractivity contribution is -0.122. The second-order valence-electron chi connectivity index (χ2n) is 5.70. The molecule has 6 nitrogen and oxygen atoms in total. The molecule has 0 spiro atoms. The van der Waals surface area contributed by atoms with Crippen LogP contribution in [0.4, 0.5) is 0 Å². The Morgan fingerprint density at radius 1 is 1.17 bits per heavy atom. The number of nitrogens with one attached hydrogen (secondary N) is 1. The molecule has 0 heterocycles. The molecular formula is C11H25N3O3S. The van der Waals surface area contributed by atoms with Gasteiger partial charge in [-0.2, -0.15) is 4.31 Å². The van der Waals surface area contributed by atoms with Gasteiger partial charge in [-0.25, -0.2) is 8.42 Å². The first-order chi connectivity index (χ1) is 7.92. The number of sulfonamides is 1. The molecule has 0 unspecified atom stereocenters. The van der Waals surface area contributed by atoms with Gasteiger partial charge in [0.1, 0.15) is 0 Å². The van der Waals surface area contributed by atoms with Crippen LogP contribution in [0.25, 0.3) is 0 Å². The summed E-state index contributed by atoms with van der Waals surface area (Å²) in [5.74, 6) is -0.285. The van der Waals surface area contributed by atoms with Gasteiger partial charge in [0.25, 0.3) is 0 Å². The summed E-state index contributed by atoms with van der Waals surface area (Å²) in [6.45, 7) is 6.32. The summed E-state index contributed by atoms with van der Waals surface area (Å²) in [7, 11) is 0.348. The van der Waals surface area contributed by atoms with Crippen LogP contribution >= 0.6 is 0 Å². The van der Waals surface area contributed by atoms with Crippen LogP contribution in [0.3, 0.4) is 0 Å². The van der Waals surface area contributed by atoms with Crippen molar-refractivity contribution in [3.05, 3.63) is 0 Å². The molecule has 18 heavy (non-hydrogen) atoms. The molecule has 0 aromatic heterocycles. The van der Waals surface area contributed by atoms with Crippen LogP contribution in [0, 0.1) is 0 Å². The second-order valence-corrected chi connectivity index (χ2v) is 7.68. The van der Waals surface area contributed by atoms with Gasteiger partial charge in [0.15, 0.2) is 0 Å². The number of hydrogen-bond donors (Lipinski definition) is 1. The van der Waals surface area contributed by atoms with Gasteiger partial charge in [0.2, 0.25) is 15.9 Å². The summed E-state index contributed by atoms with van der Waals surface area (Å²) in [5.41, 5.74) is -0.359. The number of amides is 1. The van der Waals surface area contributed by atoms with E-state index < -0.39 is 10.0 Å². The summed E-state index contributed by atoms with van der Waals surface area (Å²) >= 11 is 0. The van der Waals surface area contributed by atoms with Crippen LogP contribution in [-0.4, -0.2) is 69.1 Å². The first-order valence-electron chi connectivity index (χ1n) is 5.82. The Morgan fingerprint density at radius 3 is 2.00 bits per heavy atom. The van der Waals surface area contributed by atoms with Gasteiger partial charge in [0.05, 0.1) is 12.8 Å². The van der Waals surface area contributed by atoms with Crippen molar-refractivity contribution in [3.8, 4) is 0 Å². The van der Waals surface area contributed by atoms with Crippen molar-refractivity contribution in [2.24, 2.45) is 0 Å². The molecule has 0 radical (unpaired) electrons. The highest BCUT2D eigenvalue weighted by atomic mass is 32.2. The summed E-state index contributed by atoms with van der Waals surface area (Å²) in [5, 5.41) is 2.75. The number of nitrogens with zero attached hydrogens (tertiary/aromatic N) is 2. The van der Waals surface area contributed by atoms with E-state index in [4.69, 9.17) is 0 Å². The monoisotopic (exact) mass is 279 g/mol. The number of carbonyl (C=O) groups excluding carboxylic acids is 1. The van der Waals surface area contributed by atoms with E-state index in [9.17, 15) is 13.2 Å². The van der Waals surface area contributed by atoms with Gasteiger partial charge in [-0.3, -0.25) is 4.79 Å². The fourth-order valence-electron chi connectivity index (χ4n) is 1.29. The maximum Gasteiger partial charge on any atom is 0.235 e. The van der Waals surface area contributed by atoms with Crippen molar-refractivity contribution in [1.29, 1.82) is 0 Å². The third kappa shape index (κ3) is 8.43. The minimum absolute atomic E-state index is 0.135. The molecule has 0 saturated heterocycles. The van der Waals surface area contributed by atoms with Gasteiger partial charge in [-0.1, -0.05) is 0 Å². The Bertz CT molecular complexity index is 371. The van der Waals surface area contributed by atoms with Crippen LogP contribution in [0.2, 0.25) is 0 Å². The first-order valence-corrected chi connectivity index (χ1v) is 7.67. The molecule has 0 fully saturated rings. The standard InChI is InChI=1S/C11H25N3O3S/c1-11(2,3)12-10(15)9-14(18(6,16)17)8-7-13(4)5/h7-9H2,1-6H3,(H,12,15). The van der Waals surface area contributed by atoms with E-state index in [1.807, 2.05) is 39.8 Å². The zero-order valence-corrected chi connectivity index (χ0v) is 13.0. The molecule has 1 amide bonds. The Labute approximate surface area is 110 Å². The van der Waals surface area contributed by atoms with Crippen LogP contribution < -0.4 is 5.32 Å². The predicted octanol–water partition coefficient (Wildman–Crippen LogP) is -0.276. The average Bonchev–Trinajstić information content (AvgIpc) is 2.06. The van der Waals surface area contributed by atoms with Crippen molar-refractivity contribution in [2.45, 2.75) is 26.3 Å². The normalized spacial score (nSPS) is 13.1. The van der Waals surface area contributed by atoms with Crippen molar-refractivity contribution >= 4 is 15.9 Å². The van der Waals surface area contributed by atoms with Gasteiger partial charge < -0.3 is 10.2 Å². The first kappa shape index (κ1) is 17.3. The van der Waals surface area contributed by atoms with Gasteiger partial charge in [0, 0.05) is 18.6 Å². The lowest BCUT2D eigenvalue weighted by Crippen LogP contribution is -2.48. The Kier molecular flexibility index (Phi) is 6.25. The summed E-state index contributed by atoms with van der Waals surface area (Å²) in [4.78, 5) is 13.6. The number of carbonyl (C=O) groups is 1. The molecule has 0 aliphatic heterocycles. The maximum absolute atomic E-state index is 11.7. The van der Waals surface area contributed by atoms with Gasteiger partial charge >= 0.3 is 0 Å². The highest BCUT2D eigenvalue weighted by Crippen LogP contribution is 2.01. The molecule has 0 aliphatic carbocycles. The van der Waals surface area contributed by atoms with Crippen LogP contribution in [0.15, 0.2) is 0 Å². The van der Waals surface area contributed by atoms with Crippen LogP contribution in [-0.2, 0) is 14.8 Å². The summed E-state index contributed by atoms with van der Waals surface area (Å²) in [6, 6.07) is 0. The van der Waals surface area contributed by atoms with Crippen molar-refractivity contribution in [2.75, 3.05) is 40.0 Å². The average molecular weight is 279 g/mol. The van der Waals surface area contributed by atoms with E-state index in [2.05, 4.69) is 5.32 Å². The number of likely N-dealkylation sites (N-methyl/N-ethyl adjacent to an activating group) is 1. The molecule has 0 aromatic carbocycles. The molecule has 7 heteroatoms. The Hall–Kier alpha value is -0.660. The van der Waals surface area contributed by atoms with Crippen LogP contribution in [0.5, 0.6) is 0 Å². The number of hydrogen-bond acceptors (Lipinski definition) is 4. The lowest BCUT2D eigenvalue weighted by atomic mass is 10.1. The van der Waals surface area contributed by atoms with Crippen molar-refractivity contribution in [3.63, 3.8) is 0 Å². The molecule has 108 valence electrons. The van der Waals surface area contributed by atoms with Crippen LogP contribution in [0.1, 0.15) is 20.8 Å². The molecule has 0 aromatic rings. The molecule has 0 saturated carbocycles. The van der Waals surface area contributed by atoms with E-state index in [1.165, 1.54) is 4.31 Å². The molecular weight excluding hydrogens is 254 g/mol. The SMILES string of the molecule is CN(C)CCN(CC(=O)NC(C)(C)C)S(C)(=O)=O. The third-order valence-corrected chi connectivity index (χ3v) is 3.35. The predicted molar refractivity (Wildman–Crippen MR) is 72.9 cm³/mol. The quantitative estimate of drug-likeness (QED) is 0.726. The topological polar surface area (TPSA) is 69.7 Å². The summed E-state index contributed by atoms with van der Waals surface area (Å²) in [6.07, 6.45) is 1.12. The molecule has 0 atom stereocenters. The van der Waals surface area contributed by atoms with E-state index in [0.717, 1.165) is 6.26 Å². The molecule has 1 N–H and O–H groups in total. The lowest BCUT2D eigenvalue weighted by Gasteiger charge is -2.25. The zero-order valence-electron chi connectivity index (χ0n) is 12.1. The third-order valence-electron chi connectivity index (χ3n) is 2.10. The molecule has 0 rings (SSSR count). The molecule has 0 aliphatic rings. The fourth-order valence-corrected chi connectivity index (χ4v) is 2.06. The van der Waals surface area contributed by atoms with E-state index >= 15 is 0 Å². The van der Waals surface area contributed by atoms with Crippen molar-refractivity contribution < 1.29 is 13.2 Å². The minimum Gasteiger partial charge on any atom is -0.350 e. The second kappa shape index (κ2) is 6.49. The van der Waals surface area contributed by atoms with E-state index in [1.54, 1.807) is 0 Å².